The van der Waals surface area contributed by atoms with E-state index in [2.05, 4.69) is 28.2 Å². The Bertz CT molecular complexity index is 635. The summed E-state index contributed by atoms with van der Waals surface area (Å²) in [5, 5.41) is 3.31. The molecule has 1 aromatic carbocycles. The van der Waals surface area contributed by atoms with E-state index >= 15 is 0 Å². The second kappa shape index (κ2) is 8.76. The quantitative estimate of drug-likeness (QED) is 0.781. The SMILES string of the molecule is CCNCC1CCN(S(=O)(=O)c2cc(Br)c(F)cc2C)CC1.Cl. The first kappa shape index (κ1) is 20.8. The van der Waals surface area contributed by atoms with Crippen molar-refractivity contribution in [2.45, 2.75) is 31.6 Å². The van der Waals surface area contributed by atoms with Gasteiger partial charge in [-0.1, -0.05) is 6.92 Å². The lowest BCUT2D eigenvalue weighted by Crippen LogP contribution is -2.40. The van der Waals surface area contributed by atoms with E-state index in [4.69, 9.17) is 0 Å². The van der Waals surface area contributed by atoms with Crippen molar-refractivity contribution >= 4 is 38.4 Å². The molecule has 1 aromatic rings. The van der Waals surface area contributed by atoms with Crippen molar-refractivity contribution in [2.75, 3.05) is 26.2 Å². The second-order valence-corrected chi connectivity index (χ2v) is 8.45. The average Bonchev–Trinajstić information content (AvgIpc) is 2.49. The summed E-state index contributed by atoms with van der Waals surface area (Å²) in [5.41, 5.74) is 0.440. The Hall–Kier alpha value is -0.210. The number of halogens is 3. The Kier molecular flexibility index (Phi) is 7.93. The molecule has 2 rings (SSSR count). The van der Waals surface area contributed by atoms with Crippen LogP contribution in [0.2, 0.25) is 0 Å². The van der Waals surface area contributed by atoms with Crippen LogP contribution in [0.25, 0.3) is 0 Å². The summed E-state index contributed by atoms with van der Waals surface area (Å²) in [4.78, 5) is 0.186. The number of rotatable bonds is 5. The predicted octanol–water partition coefficient (Wildman–Crippen LogP) is 3.33. The van der Waals surface area contributed by atoms with Gasteiger partial charge in [0.25, 0.3) is 0 Å². The van der Waals surface area contributed by atoms with Gasteiger partial charge in [-0.3, -0.25) is 0 Å². The van der Waals surface area contributed by atoms with Crippen molar-refractivity contribution in [2.24, 2.45) is 5.92 Å². The number of hydrogen-bond acceptors (Lipinski definition) is 3. The number of hydrogen-bond donors (Lipinski definition) is 1. The van der Waals surface area contributed by atoms with E-state index in [0.717, 1.165) is 25.9 Å². The van der Waals surface area contributed by atoms with Crippen LogP contribution in [-0.4, -0.2) is 38.9 Å². The minimum Gasteiger partial charge on any atom is -0.317 e. The largest absolute Gasteiger partial charge is 0.317 e. The smallest absolute Gasteiger partial charge is 0.243 e. The van der Waals surface area contributed by atoms with Crippen molar-refractivity contribution in [1.29, 1.82) is 0 Å². The predicted molar refractivity (Wildman–Crippen MR) is 96.1 cm³/mol. The van der Waals surface area contributed by atoms with Gasteiger partial charge in [-0.05, 0) is 72.4 Å². The molecule has 1 aliphatic rings. The third-order valence-corrected chi connectivity index (χ3v) is 6.74. The van der Waals surface area contributed by atoms with E-state index < -0.39 is 15.8 Å². The molecule has 0 spiro atoms. The van der Waals surface area contributed by atoms with Crippen LogP contribution in [0.15, 0.2) is 21.5 Å². The van der Waals surface area contributed by atoms with Crippen LogP contribution in [0.3, 0.4) is 0 Å². The molecule has 0 unspecified atom stereocenters. The van der Waals surface area contributed by atoms with Gasteiger partial charge in [0, 0.05) is 13.1 Å². The van der Waals surface area contributed by atoms with E-state index in [9.17, 15) is 12.8 Å². The van der Waals surface area contributed by atoms with Gasteiger partial charge < -0.3 is 5.32 Å². The Morgan fingerprint density at radius 1 is 1.35 bits per heavy atom. The molecule has 0 aliphatic carbocycles. The molecule has 1 aliphatic heterocycles. The summed E-state index contributed by atoms with van der Waals surface area (Å²) < 4.78 is 40.7. The monoisotopic (exact) mass is 428 g/mol. The topological polar surface area (TPSA) is 49.4 Å². The highest BCUT2D eigenvalue weighted by Crippen LogP contribution is 2.29. The summed E-state index contributed by atoms with van der Waals surface area (Å²) in [5.74, 6) is 0.0771. The molecule has 0 bridgehead atoms. The normalized spacial score (nSPS) is 17.0. The Labute approximate surface area is 152 Å². The molecule has 1 N–H and O–H groups in total. The molecule has 1 saturated heterocycles. The number of benzene rings is 1. The molecule has 8 heteroatoms. The second-order valence-electron chi connectivity index (χ2n) is 5.69. The Balaban J connectivity index is 0.00000264. The highest BCUT2D eigenvalue weighted by Gasteiger charge is 2.30. The summed E-state index contributed by atoms with van der Waals surface area (Å²) in [6.07, 6.45) is 1.71. The lowest BCUT2D eigenvalue weighted by molar-refractivity contribution is 0.268. The third-order valence-electron chi connectivity index (χ3n) is 4.09. The number of sulfonamides is 1. The molecule has 0 atom stereocenters. The zero-order valence-electron chi connectivity index (χ0n) is 13.3. The molecule has 0 radical (unpaired) electrons. The first-order chi connectivity index (χ1) is 10.4. The van der Waals surface area contributed by atoms with E-state index in [1.54, 1.807) is 6.92 Å². The maximum Gasteiger partial charge on any atom is 0.243 e. The average molecular weight is 430 g/mol. The van der Waals surface area contributed by atoms with Crippen molar-refractivity contribution in [3.05, 3.63) is 28.0 Å². The fourth-order valence-electron chi connectivity index (χ4n) is 2.75. The number of nitrogens with zero attached hydrogens (tertiary/aromatic N) is 1. The van der Waals surface area contributed by atoms with E-state index in [1.807, 2.05) is 0 Å². The van der Waals surface area contributed by atoms with E-state index in [-0.39, 0.29) is 21.8 Å². The zero-order chi connectivity index (χ0) is 16.3. The van der Waals surface area contributed by atoms with Crippen LogP contribution in [0.4, 0.5) is 4.39 Å². The van der Waals surface area contributed by atoms with Crippen molar-refractivity contribution < 1.29 is 12.8 Å². The molecule has 0 amide bonds. The minimum atomic E-state index is -3.56. The van der Waals surface area contributed by atoms with Gasteiger partial charge in [-0.2, -0.15) is 4.31 Å². The molecule has 0 aromatic heterocycles. The van der Waals surface area contributed by atoms with Crippen LogP contribution >= 0.6 is 28.3 Å². The lowest BCUT2D eigenvalue weighted by atomic mass is 9.98. The fraction of sp³-hybridized carbons (Fsp3) is 0.600. The number of piperidine rings is 1. The van der Waals surface area contributed by atoms with Crippen LogP contribution in [-0.2, 0) is 10.0 Å². The molecule has 1 heterocycles. The summed E-state index contributed by atoms with van der Waals surface area (Å²) in [6.45, 7) is 6.60. The molecule has 23 heavy (non-hydrogen) atoms. The maximum atomic E-state index is 13.5. The van der Waals surface area contributed by atoms with Crippen LogP contribution in [0, 0.1) is 18.7 Å². The molecule has 1 fully saturated rings. The fourth-order valence-corrected chi connectivity index (χ4v) is 4.94. The van der Waals surface area contributed by atoms with Crippen molar-refractivity contribution in [3.8, 4) is 0 Å². The van der Waals surface area contributed by atoms with Gasteiger partial charge in [0.15, 0.2) is 0 Å². The minimum absolute atomic E-state index is 0. The Morgan fingerprint density at radius 3 is 2.52 bits per heavy atom. The summed E-state index contributed by atoms with van der Waals surface area (Å²) >= 11 is 3.07. The standard InChI is InChI=1S/C15H22BrFN2O2S.ClH/c1-3-18-10-12-4-6-19(7-5-12)22(20,21)15-9-13(16)14(17)8-11(15)2;/h8-9,12,18H,3-7,10H2,1-2H3;1H. The Morgan fingerprint density at radius 2 is 1.96 bits per heavy atom. The van der Waals surface area contributed by atoms with Crippen molar-refractivity contribution in [3.63, 3.8) is 0 Å². The molecule has 0 saturated carbocycles. The maximum absolute atomic E-state index is 13.5. The number of nitrogens with one attached hydrogen (secondary N) is 1. The van der Waals surface area contributed by atoms with Crippen LogP contribution in [0.5, 0.6) is 0 Å². The number of aryl methyl sites for hydroxylation is 1. The van der Waals surface area contributed by atoms with Gasteiger partial charge in [0.2, 0.25) is 10.0 Å². The first-order valence-corrected chi connectivity index (χ1v) is 9.76. The van der Waals surface area contributed by atoms with Crippen molar-refractivity contribution in [1.82, 2.24) is 9.62 Å². The zero-order valence-corrected chi connectivity index (χ0v) is 16.5. The first-order valence-electron chi connectivity index (χ1n) is 7.52. The highest BCUT2D eigenvalue weighted by atomic mass is 79.9. The molecular weight excluding hydrogens is 407 g/mol. The molecule has 4 nitrogen and oxygen atoms in total. The summed E-state index contributed by atoms with van der Waals surface area (Å²) in [7, 11) is -3.56. The van der Waals surface area contributed by atoms with Crippen LogP contribution < -0.4 is 5.32 Å². The van der Waals surface area contributed by atoms with Gasteiger partial charge >= 0.3 is 0 Å². The molecular formula is C15H23BrClFN2O2S. The van der Waals surface area contributed by atoms with Gasteiger partial charge in [-0.15, -0.1) is 12.4 Å². The summed E-state index contributed by atoms with van der Waals surface area (Å²) in [6, 6.07) is 2.62. The molecule has 132 valence electrons. The van der Waals surface area contributed by atoms with Gasteiger partial charge in [-0.25, -0.2) is 12.8 Å². The van der Waals surface area contributed by atoms with Crippen LogP contribution in [0.1, 0.15) is 25.3 Å². The van der Waals surface area contributed by atoms with E-state index in [0.29, 0.717) is 24.6 Å². The van der Waals surface area contributed by atoms with E-state index in [1.165, 1.54) is 16.4 Å². The lowest BCUT2D eigenvalue weighted by Gasteiger charge is -2.31. The van der Waals surface area contributed by atoms with Gasteiger partial charge in [0.1, 0.15) is 5.82 Å². The van der Waals surface area contributed by atoms with Gasteiger partial charge in [0.05, 0.1) is 9.37 Å². The third kappa shape index (κ3) is 4.89. The highest BCUT2D eigenvalue weighted by molar-refractivity contribution is 9.10.